The number of nitrogens with zero attached hydrogens (tertiary/aromatic N) is 2. The molecule has 7 heteroatoms. The monoisotopic (exact) mass is 376 g/mol. The van der Waals surface area contributed by atoms with Crippen molar-refractivity contribution in [3.8, 4) is 5.75 Å². The van der Waals surface area contributed by atoms with Crippen LogP contribution in [0.25, 0.3) is 0 Å². The van der Waals surface area contributed by atoms with E-state index in [1.54, 1.807) is 0 Å². The van der Waals surface area contributed by atoms with Crippen molar-refractivity contribution in [1.82, 2.24) is 10.2 Å². The van der Waals surface area contributed by atoms with E-state index in [2.05, 4.69) is 15.2 Å². The minimum atomic E-state index is -0.689. The first-order valence-electron chi connectivity index (χ1n) is 9.67. The Morgan fingerprint density at radius 1 is 1.52 bits per heavy atom. The van der Waals surface area contributed by atoms with Gasteiger partial charge in [-0.1, -0.05) is 12.1 Å². The van der Waals surface area contributed by atoms with Gasteiger partial charge in [0.1, 0.15) is 18.5 Å². The predicted molar refractivity (Wildman–Crippen MR) is 107 cm³/mol. The molecule has 2 atom stereocenters. The first-order valence-corrected chi connectivity index (χ1v) is 9.67. The van der Waals surface area contributed by atoms with Crippen LogP contribution in [0.3, 0.4) is 0 Å². The third kappa shape index (κ3) is 7.46. The number of aliphatic imine (C=N–C) groups is 1. The highest BCUT2D eigenvalue weighted by molar-refractivity contribution is 5.80. The summed E-state index contributed by atoms with van der Waals surface area (Å²) in [7, 11) is 0. The molecule has 2 unspecified atom stereocenters. The van der Waals surface area contributed by atoms with E-state index in [1.165, 1.54) is 0 Å². The summed E-state index contributed by atoms with van der Waals surface area (Å²) in [5.74, 6) is 1.51. The van der Waals surface area contributed by atoms with Crippen molar-refractivity contribution in [1.29, 1.82) is 0 Å². The minimum Gasteiger partial charge on any atom is -0.491 e. The van der Waals surface area contributed by atoms with Crippen LogP contribution < -0.4 is 15.8 Å². The van der Waals surface area contributed by atoms with E-state index in [0.29, 0.717) is 6.42 Å². The number of likely N-dealkylation sites (tertiary alicyclic amines) is 1. The molecule has 1 aromatic carbocycles. The smallest absolute Gasteiger partial charge is 0.217 e. The molecule has 4 N–H and O–H groups in total. The van der Waals surface area contributed by atoms with Gasteiger partial charge >= 0.3 is 0 Å². The SMILES string of the molecule is CCNC(=NCC(O)COc1cccc(C)c1)N1CCCC(CC(N)=O)C1. The predicted octanol–water partition coefficient (Wildman–Crippen LogP) is 1.29. The topological polar surface area (TPSA) is 100 Å². The van der Waals surface area contributed by atoms with Crippen molar-refractivity contribution < 1.29 is 14.6 Å². The molecule has 0 bridgehead atoms. The van der Waals surface area contributed by atoms with Crippen LogP contribution in [0.1, 0.15) is 31.7 Å². The molecule has 1 aromatic rings. The third-order valence-electron chi connectivity index (χ3n) is 4.53. The van der Waals surface area contributed by atoms with Gasteiger partial charge in [-0.05, 0) is 50.3 Å². The van der Waals surface area contributed by atoms with Gasteiger partial charge in [0.05, 0.1) is 6.54 Å². The van der Waals surface area contributed by atoms with E-state index in [-0.39, 0.29) is 25.0 Å². The van der Waals surface area contributed by atoms with Gasteiger partial charge in [-0.3, -0.25) is 9.79 Å². The second-order valence-corrected chi connectivity index (χ2v) is 7.10. The van der Waals surface area contributed by atoms with Gasteiger partial charge in [-0.2, -0.15) is 0 Å². The zero-order valence-electron chi connectivity index (χ0n) is 16.4. The molecular weight excluding hydrogens is 344 g/mol. The van der Waals surface area contributed by atoms with E-state index in [9.17, 15) is 9.90 Å². The molecule has 1 aliphatic rings. The van der Waals surface area contributed by atoms with Crippen molar-refractivity contribution in [2.75, 3.05) is 32.8 Å². The lowest BCUT2D eigenvalue weighted by Gasteiger charge is -2.34. The molecular formula is C20H32N4O3. The highest BCUT2D eigenvalue weighted by Crippen LogP contribution is 2.19. The first kappa shape index (κ1) is 21.0. The average molecular weight is 377 g/mol. The molecule has 0 saturated carbocycles. The van der Waals surface area contributed by atoms with Crippen molar-refractivity contribution in [3.05, 3.63) is 29.8 Å². The quantitative estimate of drug-likeness (QED) is 0.469. The molecule has 0 spiro atoms. The van der Waals surface area contributed by atoms with Crippen LogP contribution >= 0.6 is 0 Å². The summed E-state index contributed by atoms with van der Waals surface area (Å²) in [5.41, 5.74) is 6.46. The Hall–Kier alpha value is -2.28. The lowest BCUT2D eigenvalue weighted by Crippen LogP contribution is -2.47. The van der Waals surface area contributed by atoms with Crippen molar-refractivity contribution >= 4 is 11.9 Å². The third-order valence-corrected chi connectivity index (χ3v) is 4.53. The van der Waals surface area contributed by atoms with Gasteiger partial charge in [0.2, 0.25) is 5.91 Å². The number of hydrogen-bond donors (Lipinski definition) is 3. The fraction of sp³-hybridized carbons (Fsp3) is 0.600. The highest BCUT2D eigenvalue weighted by Gasteiger charge is 2.23. The lowest BCUT2D eigenvalue weighted by molar-refractivity contribution is -0.119. The highest BCUT2D eigenvalue weighted by atomic mass is 16.5. The van der Waals surface area contributed by atoms with Crippen LogP contribution in [0, 0.1) is 12.8 Å². The van der Waals surface area contributed by atoms with E-state index < -0.39 is 6.10 Å². The number of nitrogens with one attached hydrogen (secondary N) is 1. The number of piperidine rings is 1. The zero-order valence-corrected chi connectivity index (χ0v) is 16.4. The van der Waals surface area contributed by atoms with E-state index >= 15 is 0 Å². The Bertz CT molecular complexity index is 635. The van der Waals surface area contributed by atoms with Crippen LogP contribution in [0.2, 0.25) is 0 Å². The number of carbonyl (C=O) groups is 1. The number of rotatable bonds is 8. The fourth-order valence-electron chi connectivity index (χ4n) is 3.28. The van der Waals surface area contributed by atoms with Gasteiger partial charge in [0, 0.05) is 26.1 Å². The number of amides is 1. The van der Waals surface area contributed by atoms with Gasteiger partial charge in [0.25, 0.3) is 0 Å². The maximum atomic E-state index is 11.2. The van der Waals surface area contributed by atoms with E-state index in [0.717, 1.165) is 49.7 Å². The Morgan fingerprint density at radius 2 is 2.33 bits per heavy atom. The molecule has 150 valence electrons. The summed E-state index contributed by atoms with van der Waals surface area (Å²) >= 11 is 0. The van der Waals surface area contributed by atoms with Crippen molar-refractivity contribution in [2.45, 2.75) is 39.2 Å². The van der Waals surface area contributed by atoms with Gasteiger partial charge in [-0.25, -0.2) is 0 Å². The Labute approximate surface area is 161 Å². The maximum Gasteiger partial charge on any atom is 0.217 e. The maximum absolute atomic E-state index is 11.2. The summed E-state index contributed by atoms with van der Waals surface area (Å²) in [6.07, 6.45) is 1.72. The van der Waals surface area contributed by atoms with Gasteiger partial charge in [0.15, 0.2) is 5.96 Å². The number of aliphatic hydroxyl groups is 1. The Morgan fingerprint density at radius 3 is 3.04 bits per heavy atom. The summed E-state index contributed by atoms with van der Waals surface area (Å²) in [4.78, 5) is 17.9. The molecule has 0 aliphatic carbocycles. The molecule has 27 heavy (non-hydrogen) atoms. The van der Waals surface area contributed by atoms with E-state index in [1.807, 2.05) is 38.1 Å². The zero-order chi connectivity index (χ0) is 19.6. The molecule has 1 saturated heterocycles. The molecule has 0 radical (unpaired) electrons. The van der Waals surface area contributed by atoms with Crippen molar-refractivity contribution in [2.24, 2.45) is 16.6 Å². The van der Waals surface area contributed by atoms with Crippen LogP contribution in [0.5, 0.6) is 5.75 Å². The largest absolute Gasteiger partial charge is 0.491 e. The Kier molecular flexibility index (Phi) is 8.39. The molecule has 0 aromatic heterocycles. The van der Waals surface area contributed by atoms with Crippen LogP contribution in [-0.4, -0.2) is 60.8 Å². The first-order chi connectivity index (χ1) is 13.0. The molecule has 1 amide bonds. The van der Waals surface area contributed by atoms with Crippen molar-refractivity contribution in [3.63, 3.8) is 0 Å². The number of guanidine groups is 1. The molecule has 1 fully saturated rings. The minimum absolute atomic E-state index is 0.191. The molecule has 1 heterocycles. The average Bonchev–Trinajstić information content (AvgIpc) is 2.63. The number of aliphatic hydroxyl groups excluding tert-OH is 1. The second kappa shape index (κ2) is 10.8. The number of aryl methyl sites for hydroxylation is 1. The van der Waals surface area contributed by atoms with Crippen LogP contribution in [-0.2, 0) is 4.79 Å². The van der Waals surface area contributed by atoms with Crippen LogP contribution in [0.4, 0.5) is 0 Å². The summed E-state index contributed by atoms with van der Waals surface area (Å²) in [5, 5.41) is 13.5. The molecule has 1 aliphatic heterocycles. The van der Waals surface area contributed by atoms with Gasteiger partial charge in [-0.15, -0.1) is 0 Å². The standard InChI is InChI=1S/C20H32N4O3/c1-3-22-20(24-9-5-7-16(13-24)11-19(21)26)23-12-17(25)14-27-18-8-4-6-15(2)10-18/h4,6,8,10,16-17,25H,3,5,7,9,11-14H2,1-2H3,(H2,21,26)(H,22,23). The Balaban J connectivity index is 1.88. The normalized spacial score (nSPS) is 18.9. The second-order valence-electron chi connectivity index (χ2n) is 7.10. The summed E-state index contributed by atoms with van der Waals surface area (Å²) < 4.78 is 5.64. The van der Waals surface area contributed by atoms with E-state index in [4.69, 9.17) is 10.5 Å². The number of ether oxygens (including phenoxy) is 1. The fourth-order valence-corrected chi connectivity index (χ4v) is 3.28. The number of nitrogens with two attached hydrogens (primary N) is 1. The molecule has 7 nitrogen and oxygen atoms in total. The van der Waals surface area contributed by atoms with Gasteiger partial charge < -0.3 is 25.8 Å². The lowest BCUT2D eigenvalue weighted by atomic mass is 9.95. The number of primary amides is 1. The number of benzene rings is 1. The van der Waals surface area contributed by atoms with Crippen LogP contribution in [0.15, 0.2) is 29.3 Å². The number of carbonyl (C=O) groups excluding carboxylic acids is 1. The number of hydrogen-bond acceptors (Lipinski definition) is 4. The molecule has 2 rings (SSSR count). The summed E-state index contributed by atoms with van der Waals surface area (Å²) in [6.45, 7) is 6.84. The summed E-state index contributed by atoms with van der Waals surface area (Å²) in [6, 6.07) is 7.74.